The van der Waals surface area contributed by atoms with E-state index >= 15 is 0 Å². The number of hydrogen-bond donors (Lipinski definition) is 2. The molecule has 0 aliphatic carbocycles. The van der Waals surface area contributed by atoms with Crippen LogP contribution in [0.25, 0.3) is 0 Å². The third-order valence-corrected chi connectivity index (χ3v) is 6.51. The van der Waals surface area contributed by atoms with Crippen molar-refractivity contribution in [3.8, 4) is 0 Å². The molecule has 0 atom stereocenters. The molecule has 1 fully saturated rings. The summed E-state index contributed by atoms with van der Waals surface area (Å²) in [5, 5.41) is 11.4. The number of carbonyl (C=O) groups is 1. The number of carbonyl (C=O) groups excluding carboxylic acids is 1. The molecule has 1 saturated heterocycles. The lowest BCUT2D eigenvalue weighted by atomic mass is 9.87. The molecular formula is C18H28N2O4S. The summed E-state index contributed by atoms with van der Waals surface area (Å²) in [4.78, 5) is 12.2. The third-order valence-electron chi connectivity index (χ3n) is 4.59. The van der Waals surface area contributed by atoms with Crippen LogP contribution < -0.4 is 5.32 Å². The predicted octanol–water partition coefficient (Wildman–Crippen LogP) is 1.49. The summed E-state index contributed by atoms with van der Waals surface area (Å²) >= 11 is 0. The monoisotopic (exact) mass is 368 g/mol. The summed E-state index contributed by atoms with van der Waals surface area (Å²) in [7, 11) is -3.53. The van der Waals surface area contributed by atoms with Crippen LogP contribution in [-0.4, -0.2) is 50.0 Å². The van der Waals surface area contributed by atoms with Crippen LogP contribution in [0.15, 0.2) is 29.2 Å². The summed E-state index contributed by atoms with van der Waals surface area (Å²) in [6, 6.07) is 7.05. The van der Waals surface area contributed by atoms with Gasteiger partial charge in [-0.05, 0) is 36.0 Å². The number of rotatable bonds is 5. The predicted molar refractivity (Wildman–Crippen MR) is 96.7 cm³/mol. The number of aliphatic hydroxyl groups excluding tert-OH is 1. The van der Waals surface area contributed by atoms with Gasteiger partial charge in [-0.25, -0.2) is 8.42 Å². The van der Waals surface area contributed by atoms with E-state index in [1.165, 1.54) is 4.31 Å². The highest BCUT2D eigenvalue weighted by molar-refractivity contribution is 7.89. The van der Waals surface area contributed by atoms with E-state index in [0.29, 0.717) is 30.8 Å². The Bertz CT molecular complexity index is 685. The second-order valence-electron chi connectivity index (χ2n) is 7.47. The van der Waals surface area contributed by atoms with E-state index in [0.717, 1.165) is 5.56 Å². The van der Waals surface area contributed by atoms with Crippen molar-refractivity contribution in [3.63, 3.8) is 0 Å². The van der Waals surface area contributed by atoms with Crippen molar-refractivity contribution in [1.82, 2.24) is 9.62 Å². The molecule has 6 nitrogen and oxygen atoms in total. The van der Waals surface area contributed by atoms with Crippen LogP contribution in [0.1, 0.15) is 39.2 Å². The van der Waals surface area contributed by atoms with Gasteiger partial charge in [0, 0.05) is 25.6 Å². The minimum absolute atomic E-state index is 0.0252. The second kappa shape index (κ2) is 7.85. The number of piperidine rings is 1. The van der Waals surface area contributed by atoms with Gasteiger partial charge in [-0.3, -0.25) is 4.79 Å². The smallest absolute Gasteiger partial charge is 0.243 e. The fraction of sp³-hybridized carbons (Fsp3) is 0.611. The average molecular weight is 368 g/mol. The van der Waals surface area contributed by atoms with E-state index in [1.807, 2.05) is 12.1 Å². The van der Waals surface area contributed by atoms with Crippen molar-refractivity contribution in [2.45, 2.75) is 43.9 Å². The van der Waals surface area contributed by atoms with Crippen LogP contribution in [0.5, 0.6) is 0 Å². The molecule has 0 aromatic heterocycles. The van der Waals surface area contributed by atoms with Gasteiger partial charge in [-0.15, -0.1) is 0 Å². The molecule has 2 N–H and O–H groups in total. The van der Waals surface area contributed by atoms with E-state index in [-0.39, 0.29) is 30.4 Å². The van der Waals surface area contributed by atoms with Gasteiger partial charge in [-0.1, -0.05) is 32.9 Å². The number of sulfonamides is 1. The topological polar surface area (TPSA) is 86.7 Å². The van der Waals surface area contributed by atoms with Gasteiger partial charge < -0.3 is 10.4 Å². The minimum Gasteiger partial charge on any atom is -0.395 e. The molecule has 1 aromatic rings. The van der Waals surface area contributed by atoms with E-state index in [4.69, 9.17) is 5.11 Å². The van der Waals surface area contributed by atoms with Gasteiger partial charge in [0.1, 0.15) is 0 Å². The first-order valence-corrected chi connectivity index (χ1v) is 10.1. The van der Waals surface area contributed by atoms with Gasteiger partial charge in [0.05, 0.1) is 11.5 Å². The molecule has 0 radical (unpaired) electrons. The Morgan fingerprint density at radius 2 is 1.76 bits per heavy atom. The molecule has 1 aliphatic rings. The second-order valence-corrected chi connectivity index (χ2v) is 9.41. The van der Waals surface area contributed by atoms with E-state index in [9.17, 15) is 13.2 Å². The molecule has 2 rings (SSSR count). The van der Waals surface area contributed by atoms with Crippen LogP contribution in [-0.2, 0) is 20.2 Å². The molecule has 1 aliphatic heterocycles. The van der Waals surface area contributed by atoms with Gasteiger partial charge in [0.25, 0.3) is 0 Å². The summed E-state index contributed by atoms with van der Waals surface area (Å²) < 4.78 is 27.0. The highest BCUT2D eigenvalue weighted by Gasteiger charge is 2.32. The molecule has 1 heterocycles. The fourth-order valence-corrected chi connectivity index (χ4v) is 4.43. The SMILES string of the molecule is CC(C)(C)c1ccc(S(=O)(=O)N2CCC(C(=O)NCCO)CC2)cc1. The molecule has 0 spiro atoms. The number of amides is 1. The lowest BCUT2D eigenvalue weighted by Gasteiger charge is -2.30. The molecular weight excluding hydrogens is 340 g/mol. The van der Waals surface area contributed by atoms with Gasteiger partial charge >= 0.3 is 0 Å². The summed E-state index contributed by atoms with van der Waals surface area (Å²) in [5.74, 6) is -0.304. The third kappa shape index (κ3) is 4.80. The Hall–Kier alpha value is -1.44. The number of nitrogens with zero attached hydrogens (tertiary/aromatic N) is 1. The molecule has 1 amide bonds. The average Bonchev–Trinajstić information content (AvgIpc) is 2.59. The van der Waals surface area contributed by atoms with E-state index in [1.54, 1.807) is 12.1 Å². The Morgan fingerprint density at radius 3 is 2.24 bits per heavy atom. The standard InChI is InChI=1S/C18H28N2O4S/c1-18(2,3)15-4-6-16(7-5-15)25(23,24)20-11-8-14(9-12-20)17(22)19-10-13-21/h4-7,14,21H,8-13H2,1-3H3,(H,19,22). The van der Waals surface area contributed by atoms with Gasteiger partial charge in [0.15, 0.2) is 0 Å². The highest BCUT2D eigenvalue weighted by Crippen LogP contribution is 2.27. The van der Waals surface area contributed by atoms with Crippen LogP contribution in [0, 0.1) is 5.92 Å². The Balaban J connectivity index is 2.03. The van der Waals surface area contributed by atoms with Crippen molar-refractivity contribution < 1.29 is 18.3 Å². The van der Waals surface area contributed by atoms with Crippen LogP contribution in [0.2, 0.25) is 0 Å². The minimum atomic E-state index is -3.53. The lowest BCUT2D eigenvalue weighted by molar-refractivity contribution is -0.126. The molecule has 25 heavy (non-hydrogen) atoms. The number of benzene rings is 1. The molecule has 140 valence electrons. The maximum atomic E-state index is 12.8. The van der Waals surface area contributed by atoms with Crippen molar-refractivity contribution in [2.24, 2.45) is 5.92 Å². The molecule has 0 unspecified atom stereocenters. The van der Waals surface area contributed by atoms with Gasteiger partial charge in [-0.2, -0.15) is 4.31 Å². The zero-order chi connectivity index (χ0) is 18.7. The molecule has 0 saturated carbocycles. The largest absolute Gasteiger partial charge is 0.395 e. The zero-order valence-corrected chi connectivity index (χ0v) is 16.0. The first kappa shape index (κ1) is 19.9. The molecule has 0 bridgehead atoms. The first-order valence-electron chi connectivity index (χ1n) is 8.65. The normalized spacial score (nSPS) is 17.4. The van der Waals surface area contributed by atoms with Crippen molar-refractivity contribution in [1.29, 1.82) is 0 Å². The number of hydrogen-bond acceptors (Lipinski definition) is 4. The number of nitrogens with one attached hydrogen (secondary N) is 1. The van der Waals surface area contributed by atoms with Crippen LogP contribution in [0.3, 0.4) is 0 Å². The van der Waals surface area contributed by atoms with Crippen LogP contribution >= 0.6 is 0 Å². The van der Waals surface area contributed by atoms with Crippen molar-refractivity contribution in [3.05, 3.63) is 29.8 Å². The van der Waals surface area contributed by atoms with Crippen molar-refractivity contribution in [2.75, 3.05) is 26.2 Å². The van der Waals surface area contributed by atoms with E-state index < -0.39 is 10.0 Å². The zero-order valence-electron chi connectivity index (χ0n) is 15.2. The Morgan fingerprint density at radius 1 is 1.20 bits per heavy atom. The summed E-state index contributed by atoms with van der Waals surface area (Å²) in [6.45, 7) is 7.07. The van der Waals surface area contributed by atoms with E-state index in [2.05, 4.69) is 26.1 Å². The lowest BCUT2D eigenvalue weighted by Crippen LogP contribution is -2.43. The first-order chi connectivity index (χ1) is 11.7. The summed E-state index contributed by atoms with van der Waals surface area (Å²) in [6.07, 6.45) is 0.993. The molecule has 7 heteroatoms. The summed E-state index contributed by atoms with van der Waals surface area (Å²) in [5.41, 5.74) is 1.06. The Kier molecular flexibility index (Phi) is 6.24. The number of aliphatic hydroxyl groups is 1. The maximum absolute atomic E-state index is 12.8. The fourth-order valence-electron chi connectivity index (χ4n) is 2.96. The Labute approximate surface area is 150 Å². The quantitative estimate of drug-likeness (QED) is 0.824. The van der Waals surface area contributed by atoms with Crippen molar-refractivity contribution >= 4 is 15.9 Å². The maximum Gasteiger partial charge on any atom is 0.243 e. The highest BCUT2D eigenvalue weighted by atomic mass is 32.2. The molecule has 1 aromatic carbocycles. The van der Waals surface area contributed by atoms with Crippen LogP contribution in [0.4, 0.5) is 0 Å². The van der Waals surface area contributed by atoms with Gasteiger partial charge in [0.2, 0.25) is 15.9 Å².